The van der Waals surface area contributed by atoms with Crippen molar-refractivity contribution in [2.45, 2.75) is 9.79 Å². The molecule has 0 amide bonds. The molecular weight excluding hydrogens is 767 g/mol. The van der Waals surface area contributed by atoms with Gasteiger partial charge in [-0.3, -0.25) is 9.97 Å². The molecule has 0 spiro atoms. The summed E-state index contributed by atoms with van der Waals surface area (Å²) in [7, 11) is -7.98. The number of sulfonamides is 2. The highest BCUT2D eigenvalue weighted by Gasteiger charge is 2.20. The first-order valence-electron chi connectivity index (χ1n) is 13.9. The molecule has 0 unspecified atom stereocenters. The standard InChI is InChI=1S/C16H12ClN3O4S.C9H6Cl2N2O2S.C7H7NO2/c17-9-5-6-12-11(7-9)15(14(8-19-12)25(18,23)24)20-13-4-2-1-3-10(13)16(21)22;10-5-1-2-7-6(3-5)9(11)8(4-13-7)16(12,14)15;8-6-4-2-1-3-5(6)7(9)10/h1-8H,(H,19,20)(H,21,22)(H2,18,23,24);1-4H,(H2,12,14,15);1-4H,8H2,(H,9,10). The number of benzene rings is 4. The summed E-state index contributed by atoms with van der Waals surface area (Å²) in [6.07, 6.45) is 2.26. The summed E-state index contributed by atoms with van der Waals surface area (Å²) >= 11 is 17.7. The van der Waals surface area contributed by atoms with Gasteiger partial charge in [0.25, 0.3) is 0 Å². The Bertz CT molecular complexity index is 2540. The SMILES string of the molecule is NS(=O)(=O)c1cnc2ccc(Cl)cc2c1Cl.NS(=O)(=O)c1cnc2ccc(Cl)cc2c1Nc1ccccc1C(=O)O.Nc1ccccc1C(=O)O. The second-order valence-electron chi connectivity index (χ2n) is 10.2. The van der Waals surface area contributed by atoms with Crippen molar-refractivity contribution in [1.29, 1.82) is 0 Å². The molecule has 0 saturated carbocycles. The fourth-order valence-corrected chi connectivity index (χ4v) is 6.48. The number of nitrogens with two attached hydrogens (primary N) is 3. The van der Waals surface area contributed by atoms with Crippen molar-refractivity contribution in [1.82, 2.24) is 9.97 Å². The predicted molar refractivity (Wildman–Crippen MR) is 196 cm³/mol. The number of carboxylic acid groups (broad SMARTS) is 2. The highest BCUT2D eigenvalue weighted by molar-refractivity contribution is 7.89. The number of carboxylic acids is 2. The summed E-state index contributed by atoms with van der Waals surface area (Å²) in [4.78, 5) is 29.3. The van der Waals surface area contributed by atoms with Crippen LogP contribution in [0, 0.1) is 0 Å². The van der Waals surface area contributed by atoms with E-state index in [9.17, 15) is 31.5 Å². The van der Waals surface area contributed by atoms with Crippen LogP contribution in [-0.2, 0) is 20.0 Å². The number of hydrogen-bond donors (Lipinski definition) is 6. The minimum Gasteiger partial charge on any atom is -0.478 e. The highest BCUT2D eigenvalue weighted by Crippen LogP contribution is 2.34. The zero-order valence-corrected chi connectivity index (χ0v) is 29.6. The van der Waals surface area contributed by atoms with Gasteiger partial charge < -0.3 is 21.3 Å². The largest absolute Gasteiger partial charge is 0.478 e. The van der Waals surface area contributed by atoms with Crippen LogP contribution < -0.4 is 21.3 Å². The zero-order valence-electron chi connectivity index (χ0n) is 25.7. The first kappa shape index (κ1) is 38.7. The van der Waals surface area contributed by atoms with Gasteiger partial charge in [0.05, 0.1) is 38.6 Å². The van der Waals surface area contributed by atoms with E-state index in [1.54, 1.807) is 60.7 Å². The molecule has 0 saturated heterocycles. The lowest BCUT2D eigenvalue weighted by Gasteiger charge is -2.15. The third-order valence-corrected chi connectivity index (χ3v) is 9.58. The van der Waals surface area contributed by atoms with Crippen LogP contribution in [0.5, 0.6) is 0 Å². The van der Waals surface area contributed by atoms with Crippen LogP contribution >= 0.6 is 34.8 Å². The second kappa shape index (κ2) is 15.9. The first-order valence-corrected chi connectivity index (χ1v) is 18.2. The summed E-state index contributed by atoms with van der Waals surface area (Å²) in [5.74, 6) is -2.14. The smallest absolute Gasteiger partial charge is 0.337 e. The van der Waals surface area contributed by atoms with Gasteiger partial charge in [-0.2, -0.15) is 0 Å². The van der Waals surface area contributed by atoms with Gasteiger partial charge in [-0.05, 0) is 60.7 Å². The number of anilines is 3. The molecule has 0 aliphatic heterocycles. The number of nitrogens with zero attached hydrogens (tertiary/aromatic N) is 2. The molecule has 0 radical (unpaired) electrons. The Labute approximate surface area is 305 Å². The summed E-state index contributed by atoms with van der Waals surface area (Å²) in [6, 6.07) is 22.1. The number of rotatable bonds is 6. The Morgan fingerprint density at radius 3 is 1.63 bits per heavy atom. The van der Waals surface area contributed by atoms with Gasteiger partial charge in [-0.15, -0.1) is 0 Å². The molecular formula is C32H25Cl3N6O8S2. The lowest BCUT2D eigenvalue weighted by Crippen LogP contribution is -2.15. The fourth-order valence-electron chi connectivity index (χ4n) is 4.41. The maximum atomic E-state index is 11.9. The van der Waals surface area contributed by atoms with Crippen molar-refractivity contribution < 1.29 is 36.6 Å². The van der Waals surface area contributed by atoms with E-state index >= 15 is 0 Å². The first-order chi connectivity index (χ1) is 23.9. The number of nitrogens with one attached hydrogen (secondary N) is 1. The number of aromatic nitrogens is 2. The van der Waals surface area contributed by atoms with Crippen LogP contribution in [0.1, 0.15) is 20.7 Å². The molecule has 6 aromatic rings. The molecule has 0 fully saturated rings. The Hall–Kier alpha value is -5.07. The third-order valence-electron chi connectivity index (χ3n) is 6.75. The highest BCUT2D eigenvalue weighted by atomic mass is 35.5. The van der Waals surface area contributed by atoms with Crippen molar-refractivity contribution in [2.24, 2.45) is 10.3 Å². The average molecular weight is 792 g/mol. The van der Waals surface area contributed by atoms with E-state index in [1.165, 1.54) is 24.3 Å². The van der Waals surface area contributed by atoms with Gasteiger partial charge in [0.1, 0.15) is 9.79 Å². The quantitative estimate of drug-likeness (QED) is 0.104. The van der Waals surface area contributed by atoms with Crippen molar-refractivity contribution >= 4 is 106 Å². The third kappa shape index (κ3) is 9.59. The molecule has 14 nitrogen and oxygen atoms in total. The number of hydrogen-bond acceptors (Lipinski definition) is 10. The van der Waals surface area contributed by atoms with Crippen molar-refractivity contribution in [3.8, 4) is 0 Å². The molecule has 51 heavy (non-hydrogen) atoms. The average Bonchev–Trinajstić information content (AvgIpc) is 3.05. The van der Waals surface area contributed by atoms with Crippen LogP contribution in [0.2, 0.25) is 15.1 Å². The predicted octanol–water partition coefficient (Wildman–Crippen LogP) is 6.13. The van der Waals surface area contributed by atoms with Gasteiger partial charge >= 0.3 is 11.9 Å². The van der Waals surface area contributed by atoms with Crippen molar-refractivity contribution in [3.05, 3.63) is 124 Å². The molecule has 0 aliphatic carbocycles. The lowest BCUT2D eigenvalue weighted by atomic mass is 10.1. The monoisotopic (exact) mass is 790 g/mol. The number of pyridine rings is 2. The van der Waals surface area contributed by atoms with E-state index in [0.717, 1.165) is 12.4 Å². The molecule has 2 heterocycles. The Balaban J connectivity index is 0.000000191. The maximum Gasteiger partial charge on any atom is 0.337 e. The van der Waals surface area contributed by atoms with Gasteiger partial charge in [-0.1, -0.05) is 59.1 Å². The minimum absolute atomic E-state index is 0.0186. The van der Waals surface area contributed by atoms with Crippen molar-refractivity contribution in [3.63, 3.8) is 0 Å². The minimum atomic E-state index is -4.11. The van der Waals surface area contributed by atoms with Crippen LogP contribution in [0.3, 0.4) is 0 Å². The molecule has 0 bridgehead atoms. The molecule has 19 heteroatoms. The molecule has 4 aromatic carbocycles. The number of primary sulfonamides is 2. The lowest BCUT2D eigenvalue weighted by molar-refractivity contribution is 0.0687. The van der Waals surface area contributed by atoms with Crippen LogP contribution in [0.4, 0.5) is 17.1 Å². The molecule has 0 atom stereocenters. The molecule has 2 aromatic heterocycles. The van der Waals surface area contributed by atoms with Gasteiger partial charge in [-0.25, -0.2) is 36.7 Å². The zero-order chi connectivity index (χ0) is 37.7. The molecule has 6 rings (SSSR count). The van der Waals surface area contributed by atoms with Crippen LogP contribution in [0.25, 0.3) is 21.8 Å². The summed E-state index contributed by atoms with van der Waals surface area (Å²) in [6.45, 7) is 0. The van der Waals surface area contributed by atoms with E-state index in [-0.39, 0.29) is 37.3 Å². The fraction of sp³-hybridized carbons (Fsp3) is 0. The number of para-hydroxylation sites is 2. The van der Waals surface area contributed by atoms with E-state index in [2.05, 4.69) is 15.3 Å². The van der Waals surface area contributed by atoms with E-state index < -0.39 is 32.0 Å². The number of fused-ring (bicyclic) bond motifs is 2. The Morgan fingerprint density at radius 2 is 1.12 bits per heavy atom. The second-order valence-corrected chi connectivity index (χ2v) is 14.5. The number of nitrogen functional groups attached to an aromatic ring is 1. The number of carbonyl (C=O) groups is 2. The molecule has 264 valence electrons. The van der Waals surface area contributed by atoms with Gasteiger partial charge in [0.2, 0.25) is 20.0 Å². The molecule has 9 N–H and O–H groups in total. The summed E-state index contributed by atoms with van der Waals surface area (Å²) in [5, 5.41) is 32.7. The Morgan fingerprint density at radius 1 is 0.647 bits per heavy atom. The summed E-state index contributed by atoms with van der Waals surface area (Å²) in [5.41, 5.74) is 7.14. The molecule has 0 aliphatic rings. The van der Waals surface area contributed by atoms with Crippen LogP contribution in [-0.4, -0.2) is 49.0 Å². The van der Waals surface area contributed by atoms with Gasteiger partial charge in [0, 0.05) is 38.9 Å². The van der Waals surface area contributed by atoms with Crippen LogP contribution in [0.15, 0.2) is 107 Å². The van der Waals surface area contributed by atoms with E-state index in [0.29, 0.717) is 37.5 Å². The Kier molecular flexibility index (Phi) is 12.0. The van der Waals surface area contributed by atoms with E-state index in [4.69, 9.17) is 55.9 Å². The van der Waals surface area contributed by atoms with Gasteiger partial charge in [0.15, 0.2) is 0 Å². The van der Waals surface area contributed by atoms with E-state index in [1.807, 2.05) is 0 Å². The number of halogens is 3. The number of aromatic carboxylic acids is 2. The normalized spacial score (nSPS) is 11.2. The maximum absolute atomic E-state index is 11.9. The summed E-state index contributed by atoms with van der Waals surface area (Å²) < 4.78 is 46.3. The van der Waals surface area contributed by atoms with Crippen molar-refractivity contribution in [2.75, 3.05) is 11.1 Å². The topological polar surface area (TPSA) is 259 Å².